The lowest BCUT2D eigenvalue weighted by molar-refractivity contribution is 0.248. The molecule has 1 aromatic heterocycles. The molecule has 1 aliphatic rings. The van der Waals surface area contributed by atoms with Crippen LogP contribution in [0.25, 0.3) is 11.1 Å². The Kier molecular flexibility index (Phi) is 3.42. The zero-order chi connectivity index (χ0) is 13.2. The third-order valence-corrected chi connectivity index (χ3v) is 3.93. The van der Waals surface area contributed by atoms with Crippen molar-refractivity contribution < 1.29 is 4.42 Å². The van der Waals surface area contributed by atoms with Gasteiger partial charge in [0.05, 0.1) is 6.54 Å². The maximum absolute atomic E-state index is 5.79. The van der Waals surface area contributed by atoms with E-state index in [4.69, 9.17) is 10.2 Å². The summed E-state index contributed by atoms with van der Waals surface area (Å²) >= 11 is 0. The molecule has 0 aliphatic carbocycles. The van der Waals surface area contributed by atoms with Gasteiger partial charge in [-0.25, -0.2) is 4.98 Å². The first kappa shape index (κ1) is 12.5. The Morgan fingerprint density at radius 2 is 2.26 bits per heavy atom. The van der Waals surface area contributed by atoms with Crippen molar-refractivity contribution in [1.82, 2.24) is 9.88 Å². The lowest BCUT2D eigenvalue weighted by Gasteiger charge is -2.17. The Labute approximate surface area is 113 Å². The van der Waals surface area contributed by atoms with Gasteiger partial charge in [-0.1, -0.05) is 6.92 Å². The van der Waals surface area contributed by atoms with Crippen LogP contribution in [0.1, 0.15) is 32.1 Å². The fourth-order valence-corrected chi connectivity index (χ4v) is 2.73. The van der Waals surface area contributed by atoms with Gasteiger partial charge in [0.1, 0.15) is 5.52 Å². The molecule has 102 valence electrons. The van der Waals surface area contributed by atoms with Crippen LogP contribution in [0.4, 0.5) is 5.69 Å². The fourth-order valence-electron chi connectivity index (χ4n) is 2.73. The van der Waals surface area contributed by atoms with Crippen LogP contribution in [0.5, 0.6) is 0 Å². The molecule has 2 aromatic rings. The Morgan fingerprint density at radius 3 is 3.16 bits per heavy atom. The minimum Gasteiger partial charge on any atom is -0.439 e. The van der Waals surface area contributed by atoms with E-state index in [0.29, 0.717) is 0 Å². The van der Waals surface area contributed by atoms with E-state index in [-0.39, 0.29) is 0 Å². The number of likely N-dealkylation sites (tertiary alicyclic amines) is 1. The third kappa shape index (κ3) is 2.89. The number of anilines is 1. The van der Waals surface area contributed by atoms with E-state index in [1.54, 1.807) is 0 Å². The van der Waals surface area contributed by atoms with Crippen LogP contribution in [0.15, 0.2) is 22.6 Å². The lowest BCUT2D eigenvalue weighted by Crippen LogP contribution is -2.24. The quantitative estimate of drug-likeness (QED) is 0.842. The number of fused-ring (bicyclic) bond motifs is 1. The van der Waals surface area contributed by atoms with Gasteiger partial charge in [-0.15, -0.1) is 0 Å². The molecule has 0 radical (unpaired) electrons. The highest BCUT2D eigenvalue weighted by molar-refractivity contribution is 5.76. The molecule has 1 fully saturated rings. The molecule has 3 rings (SSSR count). The van der Waals surface area contributed by atoms with Gasteiger partial charge < -0.3 is 10.2 Å². The summed E-state index contributed by atoms with van der Waals surface area (Å²) < 4.78 is 5.79. The molecule has 2 heterocycles. The van der Waals surface area contributed by atoms with Gasteiger partial charge in [0.2, 0.25) is 5.89 Å². The average Bonchev–Trinajstić information content (AvgIpc) is 2.65. The fraction of sp³-hybridized carbons (Fsp3) is 0.533. The average molecular weight is 259 g/mol. The summed E-state index contributed by atoms with van der Waals surface area (Å²) in [6, 6.07) is 5.63. The SMILES string of the molecule is CC1CCCN(Cc2nc3ccc(N)cc3o2)CC1. The van der Waals surface area contributed by atoms with Gasteiger partial charge in [0.25, 0.3) is 0 Å². The number of aromatic nitrogens is 1. The highest BCUT2D eigenvalue weighted by atomic mass is 16.3. The highest BCUT2D eigenvalue weighted by Gasteiger charge is 2.16. The third-order valence-electron chi connectivity index (χ3n) is 3.93. The molecular weight excluding hydrogens is 238 g/mol. The van der Waals surface area contributed by atoms with Crippen LogP contribution in [-0.2, 0) is 6.54 Å². The zero-order valence-corrected chi connectivity index (χ0v) is 11.4. The second-order valence-electron chi connectivity index (χ2n) is 5.65. The molecular formula is C15H21N3O. The van der Waals surface area contributed by atoms with Crippen molar-refractivity contribution in [2.75, 3.05) is 18.8 Å². The maximum atomic E-state index is 5.79. The molecule has 0 amide bonds. The monoisotopic (exact) mass is 259 g/mol. The molecule has 1 atom stereocenters. The minimum absolute atomic E-state index is 0.721. The van der Waals surface area contributed by atoms with Crippen molar-refractivity contribution in [3.8, 4) is 0 Å². The summed E-state index contributed by atoms with van der Waals surface area (Å²) in [6.45, 7) is 5.43. The summed E-state index contributed by atoms with van der Waals surface area (Å²) in [4.78, 5) is 6.98. The number of nitrogen functional groups attached to an aromatic ring is 1. The number of nitrogens with two attached hydrogens (primary N) is 1. The largest absolute Gasteiger partial charge is 0.439 e. The second-order valence-corrected chi connectivity index (χ2v) is 5.65. The van der Waals surface area contributed by atoms with E-state index in [1.165, 1.54) is 19.3 Å². The predicted octanol–water partition coefficient (Wildman–Crippen LogP) is 3.03. The second kappa shape index (κ2) is 5.21. The number of hydrogen-bond donors (Lipinski definition) is 1. The first-order chi connectivity index (χ1) is 9.20. The van der Waals surface area contributed by atoms with E-state index in [0.717, 1.165) is 48.2 Å². The summed E-state index contributed by atoms with van der Waals surface area (Å²) in [5, 5.41) is 0. The first-order valence-corrected chi connectivity index (χ1v) is 7.08. The number of rotatable bonds is 2. The van der Waals surface area contributed by atoms with Crippen LogP contribution >= 0.6 is 0 Å². The molecule has 2 N–H and O–H groups in total. The number of nitrogens with zero attached hydrogens (tertiary/aromatic N) is 2. The molecule has 4 nitrogen and oxygen atoms in total. The Bertz CT molecular complexity index is 564. The van der Waals surface area contributed by atoms with E-state index in [9.17, 15) is 0 Å². The molecule has 0 bridgehead atoms. The van der Waals surface area contributed by atoms with Gasteiger partial charge in [-0.2, -0.15) is 0 Å². The van der Waals surface area contributed by atoms with Gasteiger partial charge >= 0.3 is 0 Å². The highest BCUT2D eigenvalue weighted by Crippen LogP contribution is 2.21. The number of benzene rings is 1. The molecule has 4 heteroatoms. The molecule has 19 heavy (non-hydrogen) atoms. The Morgan fingerprint density at radius 1 is 1.37 bits per heavy atom. The number of oxazole rings is 1. The van der Waals surface area contributed by atoms with Gasteiger partial charge in [-0.05, 0) is 50.4 Å². The molecule has 1 saturated heterocycles. The summed E-state index contributed by atoms with van der Waals surface area (Å²) in [7, 11) is 0. The van der Waals surface area contributed by atoms with E-state index in [1.807, 2.05) is 18.2 Å². The lowest BCUT2D eigenvalue weighted by atomic mass is 10.0. The molecule has 1 aromatic carbocycles. The van der Waals surface area contributed by atoms with Crippen LogP contribution < -0.4 is 5.73 Å². The van der Waals surface area contributed by atoms with E-state index in [2.05, 4.69) is 16.8 Å². The summed E-state index contributed by atoms with van der Waals surface area (Å²) in [5.74, 6) is 1.64. The van der Waals surface area contributed by atoms with Gasteiger partial charge in [0.15, 0.2) is 5.58 Å². The summed E-state index contributed by atoms with van der Waals surface area (Å²) in [5.41, 5.74) is 8.16. The normalized spacial score (nSPS) is 21.6. The van der Waals surface area contributed by atoms with E-state index >= 15 is 0 Å². The molecule has 0 saturated carbocycles. The van der Waals surface area contributed by atoms with Crippen molar-refractivity contribution >= 4 is 16.8 Å². The van der Waals surface area contributed by atoms with Crippen molar-refractivity contribution in [3.63, 3.8) is 0 Å². The molecule has 1 unspecified atom stereocenters. The van der Waals surface area contributed by atoms with Crippen LogP contribution in [-0.4, -0.2) is 23.0 Å². The maximum Gasteiger partial charge on any atom is 0.209 e. The van der Waals surface area contributed by atoms with Crippen LogP contribution in [0, 0.1) is 5.92 Å². The van der Waals surface area contributed by atoms with Crippen molar-refractivity contribution in [2.45, 2.75) is 32.7 Å². The van der Waals surface area contributed by atoms with Crippen molar-refractivity contribution in [3.05, 3.63) is 24.1 Å². The van der Waals surface area contributed by atoms with Gasteiger partial charge in [-0.3, -0.25) is 4.90 Å². The van der Waals surface area contributed by atoms with Crippen LogP contribution in [0.2, 0.25) is 0 Å². The van der Waals surface area contributed by atoms with Gasteiger partial charge in [0, 0.05) is 11.8 Å². The predicted molar refractivity (Wildman–Crippen MR) is 76.7 cm³/mol. The molecule has 1 aliphatic heterocycles. The van der Waals surface area contributed by atoms with Crippen LogP contribution in [0.3, 0.4) is 0 Å². The minimum atomic E-state index is 0.721. The van der Waals surface area contributed by atoms with Crippen molar-refractivity contribution in [2.24, 2.45) is 5.92 Å². The zero-order valence-electron chi connectivity index (χ0n) is 11.4. The summed E-state index contributed by atoms with van der Waals surface area (Å²) in [6.07, 6.45) is 3.88. The Hall–Kier alpha value is -1.55. The molecule has 0 spiro atoms. The smallest absolute Gasteiger partial charge is 0.209 e. The Balaban J connectivity index is 1.73. The van der Waals surface area contributed by atoms with E-state index < -0.39 is 0 Å². The standard InChI is InChI=1S/C15H21N3O/c1-11-3-2-7-18(8-6-11)10-15-17-13-5-4-12(16)9-14(13)19-15/h4-5,9,11H,2-3,6-8,10,16H2,1H3. The van der Waals surface area contributed by atoms with Crippen molar-refractivity contribution in [1.29, 1.82) is 0 Å². The topological polar surface area (TPSA) is 55.3 Å². The number of hydrogen-bond acceptors (Lipinski definition) is 4. The first-order valence-electron chi connectivity index (χ1n) is 7.08.